The van der Waals surface area contributed by atoms with Crippen molar-refractivity contribution >= 4 is 22.9 Å². The van der Waals surface area contributed by atoms with Crippen LogP contribution in [-0.4, -0.2) is 11.0 Å². The van der Waals surface area contributed by atoms with Gasteiger partial charge in [0, 0.05) is 12.1 Å². The van der Waals surface area contributed by atoms with Crippen LogP contribution in [0.15, 0.2) is 57.9 Å². The third-order valence-corrected chi connectivity index (χ3v) is 3.50. The molecular weight excluding hydrogens is 278 g/mol. The van der Waals surface area contributed by atoms with E-state index in [-0.39, 0.29) is 11.0 Å². The van der Waals surface area contributed by atoms with Crippen LogP contribution in [0.1, 0.15) is 16.7 Å². The summed E-state index contributed by atoms with van der Waals surface area (Å²) in [5.41, 5.74) is 3.04. The van der Waals surface area contributed by atoms with Crippen LogP contribution in [0.3, 0.4) is 0 Å². The molecule has 0 radical (unpaired) electrons. The van der Waals surface area contributed by atoms with Crippen LogP contribution in [0, 0.1) is 19.1 Å². The summed E-state index contributed by atoms with van der Waals surface area (Å²) >= 11 is 0. The van der Waals surface area contributed by atoms with Crippen molar-refractivity contribution in [1.82, 2.24) is 0 Å². The van der Waals surface area contributed by atoms with Crippen LogP contribution in [0.4, 0.5) is 5.69 Å². The molecule has 4 heteroatoms. The molecule has 0 atom stereocenters. The summed E-state index contributed by atoms with van der Waals surface area (Å²) in [5.74, 6) is 0. The maximum Gasteiger partial charge on any atom is 0.216 e. The second-order valence-corrected chi connectivity index (χ2v) is 5.31. The number of hydrogen-bond donors (Lipinski definition) is 0. The van der Waals surface area contributed by atoms with E-state index < -0.39 is 0 Å². The van der Waals surface area contributed by atoms with Crippen molar-refractivity contribution in [3.05, 3.63) is 80.8 Å². The molecule has 0 amide bonds. The quantitative estimate of drug-likeness (QED) is 0.313. The third kappa shape index (κ3) is 2.63. The first-order chi connectivity index (χ1) is 10.5. The third-order valence-electron chi connectivity index (χ3n) is 3.50. The lowest BCUT2D eigenvalue weighted by molar-refractivity contribution is -0.354. The fraction of sp³-hybridized carbons (Fsp3) is 0.111. The highest BCUT2D eigenvalue weighted by Crippen LogP contribution is 2.14. The molecule has 0 unspecified atom stereocenters. The van der Waals surface area contributed by atoms with Crippen LogP contribution in [0.25, 0.3) is 11.0 Å². The molecule has 4 nitrogen and oxygen atoms in total. The van der Waals surface area contributed by atoms with Crippen LogP contribution < -0.4 is 5.43 Å². The maximum atomic E-state index is 12.4. The largest absolute Gasteiger partial charge is 0.618 e. The van der Waals surface area contributed by atoms with Gasteiger partial charge in [-0.3, -0.25) is 4.79 Å². The van der Waals surface area contributed by atoms with Gasteiger partial charge in [-0.05, 0) is 26.0 Å². The van der Waals surface area contributed by atoms with E-state index in [4.69, 9.17) is 4.42 Å². The zero-order chi connectivity index (χ0) is 15.7. The highest BCUT2D eigenvalue weighted by atomic mass is 16.5. The van der Waals surface area contributed by atoms with Gasteiger partial charge < -0.3 is 9.62 Å². The fourth-order valence-electron chi connectivity index (χ4n) is 2.24. The smallest absolute Gasteiger partial charge is 0.216 e. The molecule has 0 aliphatic rings. The zero-order valence-electron chi connectivity index (χ0n) is 12.4. The minimum Gasteiger partial charge on any atom is -0.618 e. The molecule has 0 spiro atoms. The number of nitrogens with zero attached hydrogens (tertiary/aromatic N) is 1. The number of benzene rings is 2. The monoisotopic (exact) mass is 293 g/mol. The maximum absolute atomic E-state index is 12.4. The Kier molecular flexibility index (Phi) is 3.51. The second-order valence-electron chi connectivity index (χ2n) is 5.31. The van der Waals surface area contributed by atoms with Gasteiger partial charge in [-0.2, -0.15) is 4.74 Å². The number of aryl methyl sites for hydroxylation is 2. The second kappa shape index (κ2) is 5.48. The topological polar surface area (TPSA) is 56.3 Å². The van der Waals surface area contributed by atoms with E-state index in [9.17, 15) is 10.0 Å². The summed E-state index contributed by atoms with van der Waals surface area (Å²) in [6.07, 6.45) is 2.57. The molecular formula is C18H15NO3. The van der Waals surface area contributed by atoms with Gasteiger partial charge in [-0.15, -0.1) is 0 Å². The molecule has 0 fully saturated rings. The average Bonchev–Trinajstić information content (AvgIpc) is 2.51. The van der Waals surface area contributed by atoms with Crippen molar-refractivity contribution in [2.75, 3.05) is 0 Å². The highest BCUT2D eigenvalue weighted by Gasteiger charge is 2.09. The molecule has 0 saturated carbocycles. The molecule has 1 heterocycles. The molecule has 3 rings (SSSR count). The molecule has 0 aliphatic heterocycles. The van der Waals surface area contributed by atoms with Gasteiger partial charge in [0.25, 0.3) is 0 Å². The van der Waals surface area contributed by atoms with Gasteiger partial charge in [0.2, 0.25) is 11.1 Å². The summed E-state index contributed by atoms with van der Waals surface area (Å²) < 4.78 is 6.11. The first kappa shape index (κ1) is 14.1. The molecule has 110 valence electrons. The molecule has 22 heavy (non-hydrogen) atoms. The van der Waals surface area contributed by atoms with E-state index in [2.05, 4.69) is 0 Å². The van der Waals surface area contributed by atoms with Crippen molar-refractivity contribution in [1.29, 1.82) is 0 Å². The zero-order valence-corrected chi connectivity index (χ0v) is 12.4. The lowest BCUT2D eigenvalue weighted by atomic mass is 10.1. The molecule has 1 aromatic heterocycles. The predicted molar refractivity (Wildman–Crippen MR) is 86.9 cm³/mol. The normalized spacial score (nSPS) is 11.8. The van der Waals surface area contributed by atoms with Crippen molar-refractivity contribution in [3.63, 3.8) is 0 Å². The van der Waals surface area contributed by atoms with E-state index in [0.29, 0.717) is 21.4 Å². The minimum absolute atomic E-state index is 0.210. The molecule has 0 aliphatic carbocycles. The number of fused-ring (bicyclic) bond motifs is 1. The van der Waals surface area contributed by atoms with E-state index in [1.54, 1.807) is 24.3 Å². The van der Waals surface area contributed by atoms with Gasteiger partial charge in [0.15, 0.2) is 6.21 Å². The van der Waals surface area contributed by atoms with Crippen molar-refractivity contribution < 1.29 is 9.16 Å². The summed E-state index contributed by atoms with van der Waals surface area (Å²) in [4.78, 5) is 12.4. The molecule has 0 bridgehead atoms. The van der Waals surface area contributed by atoms with Crippen molar-refractivity contribution in [2.24, 2.45) is 0 Å². The molecule has 0 saturated heterocycles. The van der Waals surface area contributed by atoms with Gasteiger partial charge in [-0.1, -0.05) is 29.3 Å². The average molecular weight is 293 g/mol. The lowest BCUT2D eigenvalue weighted by Gasteiger charge is -2.03. The van der Waals surface area contributed by atoms with Gasteiger partial charge in [-0.25, -0.2) is 0 Å². The van der Waals surface area contributed by atoms with E-state index in [0.717, 1.165) is 11.1 Å². The Balaban J connectivity index is 2.10. The first-order valence-corrected chi connectivity index (χ1v) is 6.95. The van der Waals surface area contributed by atoms with Crippen molar-refractivity contribution in [3.8, 4) is 0 Å². The Hall–Kier alpha value is -2.88. The Bertz CT molecular complexity index is 921. The fourth-order valence-corrected chi connectivity index (χ4v) is 2.24. The first-order valence-electron chi connectivity index (χ1n) is 6.95. The molecule has 3 aromatic rings. The van der Waals surface area contributed by atoms with Gasteiger partial charge in [0.1, 0.15) is 17.4 Å². The number of hydrogen-bond acceptors (Lipinski definition) is 3. The van der Waals surface area contributed by atoms with Crippen LogP contribution >= 0.6 is 0 Å². The Morgan fingerprint density at radius 3 is 2.45 bits per heavy atom. The Morgan fingerprint density at radius 1 is 1.05 bits per heavy atom. The predicted octanol–water partition coefficient (Wildman–Crippen LogP) is 3.67. The molecule has 0 N–H and O–H groups in total. The van der Waals surface area contributed by atoms with Gasteiger partial charge >= 0.3 is 0 Å². The molecule has 2 aromatic carbocycles. The SMILES string of the molecule is Cc1ccc(/[N+]([O-])=C/c2coc3ccc(C)cc3c2=O)cc1. The highest BCUT2D eigenvalue weighted by molar-refractivity contribution is 5.85. The van der Waals surface area contributed by atoms with E-state index in [1.807, 2.05) is 32.0 Å². The Morgan fingerprint density at radius 2 is 1.73 bits per heavy atom. The summed E-state index contributed by atoms with van der Waals surface area (Å²) in [7, 11) is 0. The van der Waals surface area contributed by atoms with Crippen LogP contribution in [0.2, 0.25) is 0 Å². The standard InChI is InChI=1S/C18H15NO3/c1-12-3-6-15(7-4-12)19(21)10-14-11-22-17-8-5-13(2)9-16(17)18(14)20/h3-11H,1-2H3/b19-10-. The summed E-state index contributed by atoms with van der Waals surface area (Å²) in [5, 5.41) is 12.6. The number of rotatable bonds is 2. The Labute approximate surface area is 127 Å². The summed E-state index contributed by atoms with van der Waals surface area (Å²) in [6, 6.07) is 12.5. The lowest BCUT2D eigenvalue weighted by Crippen LogP contribution is -2.12. The summed E-state index contributed by atoms with van der Waals surface area (Å²) in [6.45, 7) is 3.85. The van der Waals surface area contributed by atoms with E-state index >= 15 is 0 Å². The van der Waals surface area contributed by atoms with E-state index in [1.165, 1.54) is 12.5 Å². The minimum atomic E-state index is -0.210. The van der Waals surface area contributed by atoms with Gasteiger partial charge in [0.05, 0.1) is 5.39 Å². The van der Waals surface area contributed by atoms with Crippen LogP contribution in [-0.2, 0) is 0 Å². The van der Waals surface area contributed by atoms with Crippen LogP contribution in [0.5, 0.6) is 0 Å². The van der Waals surface area contributed by atoms with Crippen molar-refractivity contribution in [2.45, 2.75) is 13.8 Å².